The highest BCUT2D eigenvalue weighted by molar-refractivity contribution is 6.05. The topological polar surface area (TPSA) is 95.7 Å². The molecule has 29 heavy (non-hydrogen) atoms. The van der Waals surface area contributed by atoms with Gasteiger partial charge in [0, 0.05) is 38.2 Å². The molecule has 3 aliphatic rings. The normalized spacial score (nSPS) is 23.2. The first kappa shape index (κ1) is 20.0. The van der Waals surface area contributed by atoms with Crippen LogP contribution in [0.1, 0.15) is 54.6 Å². The van der Waals surface area contributed by atoms with E-state index in [9.17, 15) is 14.4 Å². The SMILES string of the molecule is CC(C)(CN)CC1CN(Cc2cccc3c2CN(C2CCC(=O)NC2=O)C3=O)C1. The molecule has 2 saturated heterocycles. The number of carbonyl (C=O) groups excluding carboxylic acids is 3. The fourth-order valence-electron chi connectivity index (χ4n) is 4.84. The average molecular weight is 399 g/mol. The lowest BCUT2D eigenvalue weighted by Crippen LogP contribution is -2.52. The first-order valence-electron chi connectivity index (χ1n) is 10.5. The molecule has 0 radical (unpaired) electrons. The van der Waals surface area contributed by atoms with Crippen molar-refractivity contribution in [3.05, 3.63) is 34.9 Å². The van der Waals surface area contributed by atoms with Gasteiger partial charge < -0.3 is 10.6 Å². The molecule has 0 bridgehead atoms. The second kappa shape index (κ2) is 7.54. The van der Waals surface area contributed by atoms with Crippen LogP contribution in [0.5, 0.6) is 0 Å². The first-order valence-corrected chi connectivity index (χ1v) is 10.5. The summed E-state index contributed by atoms with van der Waals surface area (Å²) in [5.74, 6) is -0.0623. The fraction of sp³-hybridized carbons (Fsp3) is 0.591. The van der Waals surface area contributed by atoms with Crippen molar-refractivity contribution in [3.8, 4) is 0 Å². The molecule has 1 atom stereocenters. The van der Waals surface area contributed by atoms with Crippen molar-refractivity contribution in [1.82, 2.24) is 15.1 Å². The van der Waals surface area contributed by atoms with Crippen LogP contribution < -0.4 is 11.1 Å². The van der Waals surface area contributed by atoms with Gasteiger partial charge in [0.1, 0.15) is 6.04 Å². The molecule has 1 unspecified atom stereocenters. The van der Waals surface area contributed by atoms with Crippen LogP contribution in [0.3, 0.4) is 0 Å². The van der Waals surface area contributed by atoms with Gasteiger partial charge in [-0.15, -0.1) is 0 Å². The van der Waals surface area contributed by atoms with E-state index in [1.54, 1.807) is 4.90 Å². The minimum Gasteiger partial charge on any atom is -0.330 e. The Hall–Kier alpha value is -2.25. The van der Waals surface area contributed by atoms with Crippen molar-refractivity contribution in [2.45, 2.75) is 52.2 Å². The monoisotopic (exact) mass is 398 g/mol. The Morgan fingerprint density at radius 1 is 1.21 bits per heavy atom. The van der Waals surface area contributed by atoms with E-state index in [4.69, 9.17) is 5.73 Å². The number of fused-ring (bicyclic) bond motifs is 1. The van der Waals surface area contributed by atoms with Crippen molar-refractivity contribution in [1.29, 1.82) is 0 Å². The number of hydrogen-bond acceptors (Lipinski definition) is 5. The molecule has 3 aliphatic heterocycles. The van der Waals surface area contributed by atoms with Crippen LogP contribution >= 0.6 is 0 Å². The minimum atomic E-state index is -0.563. The molecule has 7 heteroatoms. The number of rotatable bonds is 6. The number of imide groups is 1. The van der Waals surface area contributed by atoms with Gasteiger partial charge in [-0.1, -0.05) is 26.0 Å². The van der Waals surface area contributed by atoms with E-state index in [2.05, 4.69) is 30.1 Å². The molecule has 0 aliphatic carbocycles. The number of nitrogens with zero attached hydrogens (tertiary/aromatic N) is 2. The lowest BCUT2D eigenvalue weighted by Gasteiger charge is -2.43. The Bertz CT molecular complexity index is 844. The zero-order valence-electron chi connectivity index (χ0n) is 17.2. The lowest BCUT2D eigenvalue weighted by molar-refractivity contribution is -0.136. The molecule has 0 saturated carbocycles. The number of piperidine rings is 1. The molecule has 0 spiro atoms. The standard InChI is InChI=1S/C22H30N4O3/c1-22(2,13-23)8-14-9-25(10-14)11-15-4-3-5-16-17(15)12-26(21(16)29)18-6-7-19(27)24-20(18)28/h3-5,14,18H,6-13,23H2,1-2H3,(H,24,27,28). The van der Waals surface area contributed by atoms with E-state index < -0.39 is 6.04 Å². The number of amides is 3. The average Bonchev–Trinajstić information content (AvgIpc) is 2.97. The van der Waals surface area contributed by atoms with Crippen LogP contribution in [-0.4, -0.2) is 53.2 Å². The Balaban J connectivity index is 1.42. The molecule has 3 amide bonds. The molecule has 1 aromatic rings. The Labute approximate surface area is 171 Å². The Morgan fingerprint density at radius 3 is 2.66 bits per heavy atom. The molecule has 2 fully saturated rings. The lowest BCUT2D eigenvalue weighted by atomic mass is 9.79. The maximum absolute atomic E-state index is 12.9. The number of nitrogens with one attached hydrogen (secondary N) is 1. The molecular weight excluding hydrogens is 368 g/mol. The largest absolute Gasteiger partial charge is 0.330 e. The van der Waals surface area contributed by atoms with Crippen LogP contribution in [0.25, 0.3) is 0 Å². The van der Waals surface area contributed by atoms with Crippen LogP contribution in [-0.2, 0) is 22.7 Å². The summed E-state index contributed by atoms with van der Waals surface area (Å²) >= 11 is 0. The fourth-order valence-corrected chi connectivity index (χ4v) is 4.84. The van der Waals surface area contributed by atoms with Crippen LogP contribution in [0.15, 0.2) is 18.2 Å². The van der Waals surface area contributed by atoms with Gasteiger partial charge in [0.05, 0.1) is 0 Å². The van der Waals surface area contributed by atoms with E-state index in [1.807, 2.05) is 12.1 Å². The third-order valence-electron chi connectivity index (χ3n) is 6.50. The first-order chi connectivity index (χ1) is 13.8. The number of likely N-dealkylation sites (tertiary alicyclic amines) is 1. The van der Waals surface area contributed by atoms with Crippen molar-refractivity contribution in [3.63, 3.8) is 0 Å². The molecule has 7 nitrogen and oxygen atoms in total. The van der Waals surface area contributed by atoms with E-state index in [0.29, 0.717) is 31.0 Å². The summed E-state index contributed by atoms with van der Waals surface area (Å²) in [6.07, 6.45) is 1.80. The maximum Gasteiger partial charge on any atom is 0.255 e. The Morgan fingerprint density at radius 2 is 1.97 bits per heavy atom. The summed E-state index contributed by atoms with van der Waals surface area (Å²) < 4.78 is 0. The van der Waals surface area contributed by atoms with Gasteiger partial charge in [-0.2, -0.15) is 0 Å². The Kier molecular flexibility index (Phi) is 5.21. The summed E-state index contributed by atoms with van der Waals surface area (Å²) in [4.78, 5) is 40.6. The zero-order valence-corrected chi connectivity index (χ0v) is 17.2. The summed E-state index contributed by atoms with van der Waals surface area (Å²) in [6, 6.07) is 5.29. The molecular formula is C22H30N4O3. The molecule has 156 valence electrons. The van der Waals surface area contributed by atoms with E-state index in [1.165, 1.54) is 0 Å². The number of hydrogen-bond donors (Lipinski definition) is 2. The van der Waals surface area contributed by atoms with Crippen LogP contribution in [0.4, 0.5) is 0 Å². The highest BCUT2D eigenvalue weighted by Gasteiger charge is 2.40. The highest BCUT2D eigenvalue weighted by atomic mass is 16.2. The second-order valence-corrected chi connectivity index (χ2v) is 9.48. The smallest absolute Gasteiger partial charge is 0.255 e. The van der Waals surface area contributed by atoms with Gasteiger partial charge in [0.15, 0.2) is 0 Å². The quantitative estimate of drug-likeness (QED) is 0.704. The van der Waals surface area contributed by atoms with Crippen LogP contribution in [0, 0.1) is 11.3 Å². The molecule has 0 aromatic heterocycles. The highest BCUT2D eigenvalue weighted by Crippen LogP contribution is 2.34. The summed E-state index contributed by atoms with van der Waals surface area (Å²) in [7, 11) is 0. The van der Waals surface area contributed by atoms with Gasteiger partial charge in [0.25, 0.3) is 5.91 Å². The molecule has 3 N–H and O–H groups in total. The van der Waals surface area contributed by atoms with Gasteiger partial charge in [-0.25, -0.2) is 0 Å². The zero-order chi connectivity index (χ0) is 20.8. The van der Waals surface area contributed by atoms with Crippen LogP contribution in [0.2, 0.25) is 0 Å². The predicted molar refractivity (Wildman–Crippen MR) is 109 cm³/mol. The molecule has 4 rings (SSSR count). The van der Waals surface area contributed by atoms with Crippen molar-refractivity contribution in [2.24, 2.45) is 17.1 Å². The van der Waals surface area contributed by atoms with Crippen molar-refractivity contribution in [2.75, 3.05) is 19.6 Å². The van der Waals surface area contributed by atoms with E-state index in [-0.39, 0.29) is 29.6 Å². The van der Waals surface area contributed by atoms with Gasteiger partial charge >= 0.3 is 0 Å². The second-order valence-electron chi connectivity index (χ2n) is 9.48. The van der Waals surface area contributed by atoms with Gasteiger partial charge in [0.2, 0.25) is 11.8 Å². The summed E-state index contributed by atoms with van der Waals surface area (Å²) in [6.45, 7) is 8.50. The minimum absolute atomic E-state index is 0.109. The third-order valence-corrected chi connectivity index (χ3v) is 6.50. The van der Waals surface area contributed by atoms with E-state index >= 15 is 0 Å². The predicted octanol–water partition coefficient (Wildman–Crippen LogP) is 1.25. The number of benzene rings is 1. The van der Waals surface area contributed by atoms with Crippen molar-refractivity contribution >= 4 is 17.7 Å². The third kappa shape index (κ3) is 3.94. The van der Waals surface area contributed by atoms with E-state index in [0.717, 1.165) is 37.2 Å². The summed E-state index contributed by atoms with van der Waals surface area (Å²) in [5.41, 5.74) is 8.91. The maximum atomic E-state index is 12.9. The summed E-state index contributed by atoms with van der Waals surface area (Å²) in [5, 5.41) is 2.36. The number of nitrogens with two attached hydrogens (primary N) is 1. The molecule has 3 heterocycles. The molecule has 1 aromatic carbocycles. The number of carbonyl (C=O) groups is 3. The van der Waals surface area contributed by atoms with Crippen molar-refractivity contribution < 1.29 is 14.4 Å². The van der Waals surface area contributed by atoms with Gasteiger partial charge in [-0.05, 0) is 47.9 Å². The van der Waals surface area contributed by atoms with Gasteiger partial charge in [-0.3, -0.25) is 24.6 Å².